The highest BCUT2D eigenvalue weighted by atomic mass is 32.1. The number of benzene rings is 1. The second kappa shape index (κ2) is 5.18. The third-order valence-electron chi connectivity index (χ3n) is 2.37. The molecule has 0 aliphatic heterocycles. The minimum absolute atomic E-state index is 0.146. The summed E-state index contributed by atoms with van der Waals surface area (Å²) >= 11 is 1.13. The molecular weight excluding hydrogens is 250 g/mol. The first-order chi connectivity index (χ1) is 8.61. The first kappa shape index (κ1) is 12.6. The first-order valence-electron chi connectivity index (χ1n) is 5.55. The van der Waals surface area contributed by atoms with Crippen LogP contribution in [-0.2, 0) is 4.74 Å². The van der Waals surface area contributed by atoms with E-state index in [1.165, 1.54) is 0 Å². The number of hydrogen-bond acceptors (Lipinski definition) is 5. The molecule has 0 unspecified atom stereocenters. The van der Waals surface area contributed by atoms with Gasteiger partial charge in [-0.25, -0.2) is 9.78 Å². The second-order valence-electron chi connectivity index (χ2n) is 3.76. The number of carbonyl (C=O) groups is 1. The second-order valence-corrected chi connectivity index (χ2v) is 4.76. The summed E-state index contributed by atoms with van der Waals surface area (Å²) in [7, 11) is 0. The zero-order valence-corrected chi connectivity index (χ0v) is 11.0. The van der Waals surface area contributed by atoms with Crippen LogP contribution in [0.5, 0.6) is 5.88 Å². The van der Waals surface area contributed by atoms with Crippen LogP contribution >= 0.6 is 11.3 Å². The number of carbonyl (C=O) groups excluding carboxylic acids is 1. The van der Waals surface area contributed by atoms with E-state index in [2.05, 4.69) is 4.98 Å². The maximum Gasteiger partial charge on any atom is 0.353 e. The summed E-state index contributed by atoms with van der Waals surface area (Å²) in [6, 6.07) is 7.72. The van der Waals surface area contributed by atoms with Crippen LogP contribution in [0.4, 0.5) is 0 Å². The largest absolute Gasteiger partial charge is 0.492 e. The fourth-order valence-electron chi connectivity index (χ4n) is 1.46. The topological polar surface area (TPSA) is 59.4 Å². The van der Waals surface area contributed by atoms with E-state index in [9.17, 15) is 9.90 Å². The summed E-state index contributed by atoms with van der Waals surface area (Å²) < 4.78 is 4.85. The lowest BCUT2D eigenvalue weighted by Gasteiger charge is -1.97. The number of hydrogen-bond donors (Lipinski definition) is 1. The summed E-state index contributed by atoms with van der Waals surface area (Å²) in [5.41, 5.74) is 2.02. The van der Waals surface area contributed by atoms with Crippen molar-refractivity contribution in [3.63, 3.8) is 0 Å². The van der Waals surface area contributed by atoms with Gasteiger partial charge in [0, 0.05) is 5.56 Å². The Bertz CT molecular complexity index is 560. The maximum absolute atomic E-state index is 11.6. The zero-order chi connectivity index (χ0) is 13.1. The van der Waals surface area contributed by atoms with E-state index in [0.29, 0.717) is 5.01 Å². The monoisotopic (exact) mass is 263 g/mol. The molecule has 0 saturated carbocycles. The molecule has 4 nitrogen and oxygen atoms in total. The van der Waals surface area contributed by atoms with E-state index >= 15 is 0 Å². The zero-order valence-electron chi connectivity index (χ0n) is 10.1. The predicted molar refractivity (Wildman–Crippen MR) is 69.9 cm³/mol. The van der Waals surface area contributed by atoms with Gasteiger partial charge in [-0.15, -0.1) is 11.3 Å². The van der Waals surface area contributed by atoms with Crippen molar-refractivity contribution in [3.05, 3.63) is 34.7 Å². The van der Waals surface area contributed by atoms with Crippen molar-refractivity contribution in [1.82, 2.24) is 4.98 Å². The molecule has 0 atom stereocenters. The molecule has 0 saturated heterocycles. The third-order valence-corrected chi connectivity index (χ3v) is 3.44. The van der Waals surface area contributed by atoms with Gasteiger partial charge in [0.2, 0.25) is 5.88 Å². The normalized spacial score (nSPS) is 10.3. The Morgan fingerprint density at radius 3 is 2.67 bits per heavy atom. The Balaban J connectivity index is 2.34. The SMILES string of the molecule is CCOC(=O)c1sc(-c2ccc(C)cc2)nc1O. The van der Waals surface area contributed by atoms with Gasteiger partial charge in [0.1, 0.15) is 5.01 Å². The van der Waals surface area contributed by atoms with Gasteiger partial charge in [-0.3, -0.25) is 0 Å². The number of nitrogens with zero attached hydrogens (tertiary/aromatic N) is 1. The van der Waals surface area contributed by atoms with Gasteiger partial charge >= 0.3 is 5.97 Å². The summed E-state index contributed by atoms with van der Waals surface area (Å²) in [6.07, 6.45) is 0. The molecule has 0 bridgehead atoms. The average Bonchev–Trinajstić information content (AvgIpc) is 2.72. The van der Waals surface area contributed by atoms with E-state index in [1.54, 1.807) is 6.92 Å². The molecule has 1 heterocycles. The molecule has 2 aromatic rings. The average molecular weight is 263 g/mol. The van der Waals surface area contributed by atoms with E-state index in [-0.39, 0.29) is 17.4 Å². The van der Waals surface area contributed by atoms with E-state index < -0.39 is 5.97 Å². The van der Waals surface area contributed by atoms with E-state index in [4.69, 9.17) is 4.74 Å². The summed E-state index contributed by atoms with van der Waals surface area (Å²) in [4.78, 5) is 15.7. The molecule has 1 N–H and O–H groups in total. The molecule has 0 fully saturated rings. The summed E-state index contributed by atoms with van der Waals surface area (Å²) in [6.45, 7) is 3.99. The smallest absolute Gasteiger partial charge is 0.353 e. The Morgan fingerprint density at radius 1 is 1.39 bits per heavy atom. The molecule has 0 amide bonds. The van der Waals surface area contributed by atoms with Gasteiger partial charge in [-0.05, 0) is 13.8 Å². The first-order valence-corrected chi connectivity index (χ1v) is 6.37. The lowest BCUT2D eigenvalue weighted by molar-refractivity contribution is 0.0528. The van der Waals surface area contributed by atoms with Crippen molar-refractivity contribution >= 4 is 17.3 Å². The Hall–Kier alpha value is -1.88. The highest BCUT2D eigenvalue weighted by Gasteiger charge is 2.19. The molecule has 0 spiro atoms. The Morgan fingerprint density at radius 2 is 2.06 bits per heavy atom. The lowest BCUT2D eigenvalue weighted by atomic mass is 10.2. The molecule has 5 heteroatoms. The van der Waals surface area contributed by atoms with Crippen LogP contribution in [0.25, 0.3) is 10.6 Å². The minimum atomic E-state index is -0.536. The molecule has 94 valence electrons. The molecule has 1 aromatic carbocycles. The van der Waals surface area contributed by atoms with Crippen LogP contribution in [-0.4, -0.2) is 22.7 Å². The molecule has 0 radical (unpaired) electrons. The number of aromatic hydroxyl groups is 1. The van der Waals surface area contributed by atoms with Crippen LogP contribution in [0, 0.1) is 6.92 Å². The Kier molecular flexibility index (Phi) is 3.62. The number of aromatic nitrogens is 1. The number of aryl methyl sites for hydroxylation is 1. The van der Waals surface area contributed by atoms with Gasteiger partial charge in [0.15, 0.2) is 4.88 Å². The molecule has 0 aliphatic rings. The highest BCUT2D eigenvalue weighted by Crippen LogP contribution is 2.32. The number of thiazole rings is 1. The summed E-state index contributed by atoms with van der Waals surface area (Å²) in [5, 5.41) is 10.2. The highest BCUT2D eigenvalue weighted by molar-refractivity contribution is 7.17. The van der Waals surface area contributed by atoms with Crippen LogP contribution in [0.1, 0.15) is 22.2 Å². The molecular formula is C13H13NO3S. The van der Waals surface area contributed by atoms with E-state index in [0.717, 1.165) is 22.5 Å². The van der Waals surface area contributed by atoms with Gasteiger partial charge in [-0.1, -0.05) is 29.8 Å². The van der Waals surface area contributed by atoms with Gasteiger partial charge in [0.05, 0.1) is 6.61 Å². The van der Waals surface area contributed by atoms with Crippen molar-refractivity contribution in [2.75, 3.05) is 6.61 Å². The summed E-state index contributed by atoms with van der Waals surface area (Å²) in [5.74, 6) is -0.806. The number of ether oxygens (including phenoxy) is 1. The van der Waals surface area contributed by atoms with Crippen LogP contribution in [0.2, 0.25) is 0 Å². The molecule has 0 aliphatic carbocycles. The van der Waals surface area contributed by atoms with Gasteiger partial charge in [-0.2, -0.15) is 0 Å². The van der Waals surface area contributed by atoms with Crippen molar-refractivity contribution in [1.29, 1.82) is 0 Å². The van der Waals surface area contributed by atoms with Crippen molar-refractivity contribution in [3.8, 4) is 16.5 Å². The fraction of sp³-hybridized carbons (Fsp3) is 0.231. The van der Waals surface area contributed by atoms with Gasteiger partial charge < -0.3 is 9.84 Å². The maximum atomic E-state index is 11.6. The molecule has 2 rings (SSSR count). The van der Waals surface area contributed by atoms with Crippen molar-refractivity contribution < 1.29 is 14.6 Å². The van der Waals surface area contributed by atoms with Crippen LogP contribution in [0.15, 0.2) is 24.3 Å². The number of esters is 1. The third kappa shape index (κ3) is 2.51. The fourth-order valence-corrected chi connectivity index (χ4v) is 2.32. The van der Waals surface area contributed by atoms with E-state index in [1.807, 2.05) is 31.2 Å². The van der Waals surface area contributed by atoms with Gasteiger partial charge in [0.25, 0.3) is 0 Å². The lowest BCUT2D eigenvalue weighted by Crippen LogP contribution is -2.02. The van der Waals surface area contributed by atoms with Crippen LogP contribution in [0.3, 0.4) is 0 Å². The number of rotatable bonds is 3. The van der Waals surface area contributed by atoms with Crippen LogP contribution < -0.4 is 0 Å². The molecule has 18 heavy (non-hydrogen) atoms. The van der Waals surface area contributed by atoms with Crippen molar-refractivity contribution in [2.24, 2.45) is 0 Å². The quantitative estimate of drug-likeness (QED) is 0.865. The molecule has 1 aromatic heterocycles. The minimum Gasteiger partial charge on any atom is -0.492 e. The Labute approximate surface area is 109 Å². The predicted octanol–water partition coefficient (Wildman–Crippen LogP) is 3.00. The standard InChI is InChI=1S/C13H13NO3S/c1-3-17-13(16)10-11(15)14-12(18-10)9-6-4-8(2)5-7-9/h4-7,15H,3H2,1-2H3. The van der Waals surface area contributed by atoms with Crippen molar-refractivity contribution in [2.45, 2.75) is 13.8 Å².